The minimum atomic E-state index is 0.321. The highest BCUT2D eigenvalue weighted by molar-refractivity contribution is 5.45. The standard InChI is InChI=1S/C12H23N5/c1-4-17(5-2)8-6-7-10-9-15-12(13)16-11(10)14-3/h9H,4-8H2,1-3H3,(H3,13,14,15,16). The van der Waals surface area contributed by atoms with Crippen LogP contribution in [0.4, 0.5) is 11.8 Å². The van der Waals surface area contributed by atoms with E-state index >= 15 is 0 Å². The summed E-state index contributed by atoms with van der Waals surface area (Å²) < 4.78 is 0. The van der Waals surface area contributed by atoms with Gasteiger partial charge in [-0.05, 0) is 32.5 Å². The third kappa shape index (κ3) is 4.19. The lowest BCUT2D eigenvalue weighted by Crippen LogP contribution is -2.24. The van der Waals surface area contributed by atoms with Gasteiger partial charge >= 0.3 is 0 Å². The minimum absolute atomic E-state index is 0.321. The van der Waals surface area contributed by atoms with E-state index in [1.807, 2.05) is 13.2 Å². The minimum Gasteiger partial charge on any atom is -0.373 e. The number of hydrogen-bond donors (Lipinski definition) is 2. The van der Waals surface area contributed by atoms with Crippen LogP contribution in [-0.2, 0) is 6.42 Å². The van der Waals surface area contributed by atoms with Crippen LogP contribution in [0.3, 0.4) is 0 Å². The van der Waals surface area contributed by atoms with Crippen LogP contribution in [0.2, 0.25) is 0 Å². The molecule has 0 saturated heterocycles. The summed E-state index contributed by atoms with van der Waals surface area (Å²) >= 11 is 0. The van der Waals surface area contributed by atoms with Gasteiger partial charge in [0.15, 0.2) is 0 Å². The highest BCUT2D eigenvalue weighted by Crippen LogP contribution is 2.14. The van der Waals surface area contributed by atoms with Gasteiger partial charge in [-0.25, -0.2) is 4.98 Å². The van der Waals surface area contributed by atoms with E-state index in [4.69, 9.17) is 5.73 Å². The molecule has 0 amide bonds. The number of aryl methyl sites for hydroxylation is 1. The molecule has 0 radical (unpaired) electrons. The highest BCUT2D eigenvalue weighted by atomic mass is 15.1. The molecule has 1 rings (SSSR count). The maximum Gasteiger partial charge on any atom is 0.221 e. The monoisotopic (exact) mass is 237 g/mol. The lowest BCUT2D eigenvalue weighted by Gasteiger charge is -2.17. The van der Waals surface area contributed by atoms with Gasteiger partial charge in [0.2, 0.25) is 5.95 Å². The smallest absolute Gasteiger partial charge is 0.221 e. The van der Waals surface area contributed by atoms with Crippen LogP contribution in [0.1, 0.15) is 25.8 Å². The van der Waals surface area contributed by atoms with E-state index in [0.29, 0.717) is 5.95 Å². The number of nitrogen functional groups attached to an aromatic ring is 1. The van der Waals surface area contributed by atoms with Crippen LogP contribution in [0, 0.1) is 0 Å². The number of rotatable bonds is 7. The molecule has 5 heteroatoms. The molecular weight excluding hydrogens is 214 g/mol. The Hall–Kier alpha value is -1.36. The molecule has 0 spiro atoms. The van der Waals surface area contributed by atoms with Crippen molar-refractivity contribution in [1.82, 2.24) is 14.9 Å². The van der Waals surface area contributed by atoms with Crippen LogP contribution in [0.5, 0.6) is 0 Å². The van der Waals surface area contributed by atoms with E-state index in [-0.39, 0.29) is 0 Å². The molecule has 0 atom stereocenters. The maximum absolute atomic E-state index is 5.55. The molecule has 1 aromatic heterocycles. The summed E-state index contributed by atoms with van der Waals surface area (Å²) in [5.74, 6) is 1.17. The predicted molar refractivity (Wildman–Crippen MR) is 72.1 cm³/mol. The quantitative estimate of drug-likeness (QED) is 0.750. The molecule has 0 aromatic carbocycles. The van der Waals surface area contributed by atoms with E-state index in [1.165, 1.54) is 0 Å². The number of anilines is 2. The van der Waals surface area contributed by atoms with Crippen molar-refractivity contribution in [3.8, 4) is 0 Å². The summed E-state index contributed by atoms with van der Waals surface area (Å²) in [7, 11) is 1.86. The number of nitrogens with zero attached hydrogens (tertiary/aromatic N) is 3. The molecule has 0 aliphatic carbocycles. The predicted octanol–water partition coefficient (Wildman–Crippen LogP) is 1.37. The van der Waals surface area contributed by atoms with E-state index in [0.717, 1.165) is 43.9 Å². The summed E-state index contributed by atoms with van der Waals surface area (Å²) in [6, 6.07) is 0. The largest absolute Gasteiger partial charge is 0.373 e. The van der Waals surface area contributed by atoms with Crippen molar-refractivity contribution in [2.75, 3.05) is 37.7 Å². The molecule has 1 aromatic rings. The second-order valence-electron chi connectivity index (χ2n) is 3.98. The summed E-state index contributed by atoms with van der Waals surface area (Å²) in [5, 5.41) is 3.06. The first-order valence-electron chi connectivity index (χ1n) is 6.22. The van der Waals surface area contributed by atoms with Crippen molar-refractivity contribution in [2.45, 2.75) is 26.7 Å². The molecule has 0 fully saturated rings. The van der Waals surface area contributed by atoms with Crippen molar-refractivity contribution >= 4 is 11.8 Å². The van der Waals surface area contributed by atoms with Gasteiger partial charge in [0.1, 0.15) is 5.82 Å². The van der Waals surface area contributed by atoms with Gasteiger partial charge in [-0.15, -0.1) is 0 Å². The molecular formula is C12H23N5. The fourth-order valence-corrected chi connectivity index (χ4v) is 1.85. The summed E-state index contributed by atoms with van der Waals surface area (Å²) in [6.07, 6.45) is 3.91. The average molecular weight is 237 g/mol. The van der Waals surface area contributed by atoms with E-state index in [1.54, 1.807) is 0 Å². The lowest BCUT2D eigenvalue weighted by molar-refractivity contribution is 0.300. The van der Waals surface area contributed by atoms with Gasteiger partial charge in [-0.3, -0.25) is 0 Å². The van der Waals surface area contributed by atoms with Crippen molar-refractivity contribution < 1.29 is 0 Å². The van der Waals surface area contributed by atoms with Gasteiger partial charge in [0, 0.05) is 18.8 Å². The molecule has 0 aliphatic heterocycles. The fourth-order valence-electron chi connectivity index (χ4n) is 1.85. The Kier molecular flexibility index (Phi) is 5.69. The van der Waals surface area contributed by atoms with Crippen molar-refractivity contribution in [2.24, 2.45) is 0 Å². The normalized spacial score (nSPS) is 10.8. The molecule has 17 heavy (non-hydrogen) atoms. The summed E-state index contributed by atoms with van der Waals surface area (Å²) in [6.45, 7) is 7.70. The Morgan fingerprint density at radius 3 is 2.65 bits per heavy atom. The van der Waals surface area contributed by atoms with Crippen LogP contribution >= 0.6 is 0 Å². The second kappa shape index (κ2) is 7.06. The third-order valence-corrected chi connectivity index (χ3v) is 2.93. The molecule has 0 unspecified atom stereocenters. The zero-order chi connectivity index (χ0) is 12.7. The summed E-state index contributed by atoms with van der Waals surface area (Å²) in [4.78, 5) is 10.6. The SMILES string of the molecule is CCN(CC)CCCc1cnc(N)nc1NC. The van der Waals surface area contributed by atoms with Gasteiger partial charge in [-0.1, -0.05) is 13.8 Å². The highest BCUT2D eigenvalue weighted by Gasteiger charge is 2.05. The van der Waals surface area contributed by atoms with Crippen LogP contribution in [0.15, 0.2) is 6.20 Å². The molecule has 5 nitrogen and oxygen atoms in total. The third-order valence-electron chi connectivity index (χ3n) is 2.93. The second-order valence-corrected chi connectivity index (χ2v) is 3.98. The number of nitrogens with two attached hydrogens (primary N) is 1. The Morgan fingerprint density at radius 1 is 1.35 bits per heavy atom. The fraction of sp³-hybridized carbons (Fsp3) is 0.667. The first kappa shape index (κ1) is 13.7. The van der Waals surface area contributed by atoms with Crippen molar-refractivity contribution in [1.29, 1.82) is 0 Å². The molecule has 0 aliphatic rings. The van der Waals surface area contributed by atoms with Crippen molar-refractivity contribution in [3.05, 3.63) is 11.8 Å². The molecule has 1 heterocycles. The molecule has 3 N–H and O–H groups in total. The lowest BCUT2D eigenvalue weighted by atomic mass is 10.1. The van der Waals surface area contributed by atoms with Gasteiger partial charge < -0.3 is 16.0 Å². The first-order chi connectivity index (χ1) is 8.21. The zero-order valence-electron chi connectivity index (χ0n) is 11.0. The molecule has 96 valence electrons. The van der Waals surface area contributed by atoms with Crippen LogP contribution in [-0.4, -0.2) is 41.5 Å². The van der Waals surface area contributed by atoms with Crippen molar-refractivity contribution in [3.63, 3.8) is 0 Å². The van der Waals surface area contributed by atoms with E-state index in [9.17, 15) is 0 Å². The summed E-state index contributed by atoms with van der Waals surface area (Å²) in [5.41, 5.74) is 6.69. The van der Waals surface area contributed by atoms with Gasteiger partial charge in [-0.2, -0.15) is 4.98 Å². The van der Waals surface area contributed by atoms with Gasteiger partial charge in [0.25, 0.3) is 0 Å². The number of hydrogen-bond acceptors (Lipinski definition) is 5. The maximum atomic E-state index is 5.55. The Bertz CT molecular complexity index is 336. The molecule has 0 bridgehead atoms. The Balaban J connectivity index is 2.51. The van der Waals surface area contributed by atoms with E-state index in [2.05, 4.69) is 34.0 Å². The van der Waals surface area contributed by atoms with Crippen LogP contribution < -0.4 is 11.1 Å². The topological polar surface area (TPSA) is 67.1 Å². The Morgan fingerprint density at radius 2 is 2.06 bits per heavy atom. The van der Waals surface area contributed by atoms with E-state index < -0.39 is 0 Å². The number of nitrogens with one attached hydrogen (secondary N) is 1. The molecule has 0 saturated carbocycles. The van der Waals surface area contributed by atoms with Crippen LogP contribution in [0.25, 0.3) is 0 Å². The number of aromatic nitrogens is 2. The van der Waals surface area contributed by atoms with Gasteiger partial charge in [0.05, 0.1) is 0 Å². The first-order valence-corrected chi connectivity index (χ1v) is 6.22. The average Bonchev–Trinajstić information content (AvgIpc) is 2.36. The Labute approximate surface area is 103 Å². The zero-order valence-corrected chi connectivity index (χ0v) is 11.0.